The van der Waals surface area contributed by atoms with Gasteiger partial charge in [0, 0.05) is 0 Å². The molecular weight excluding hydrogens is 671 g/mol. The Hall–Kier alpha value is -2.70. The molecule has 20 heteroatoms. The van der Waals surface area contributed by atoms with Crippen molar-refractivity contribution in [1.29, 1.82) is 0 Å². The molecule has 0 atom stereocenters. The summed E-state index contributed by atoms with van der Waals surface area (Å²) in [4.78, 5) is 11.9. The first-order chi connectivity index (χ1) is 20.2. The van der Waals surface area contributed by atoms with E-state index in [1.807, 2.05) is 6.92 Å². The highest BCUT2D eigenvalue weighted by Gasteiger charge is 2.95. The van der Waals surface area contributed by atoms with E-state index in [2.05, 4.69) is 4.74 Å². The van der Waals surface area contributed by atoms with E-state index in [9.17, 15) is 79.4 Å². The minimum Gasteiger partial charge on any atom is -0.494 e. The Morgan fingerprint density at radius 2 is 0.978 bits per heavy atom. The number of hydrogen-bond acceptors (Lipinski definition) is 3. The number of halogens is 17. The van der Waals surface area contributed by atoms with Gasteiger partial charge in [0.25, 0.3) is 0 Å². The van der Waals surface area contributed by atoms with Gasteiger partial charge in [0.2, 0.25) is 0 Å². The monoisotopic (exact) mass is 696 g/mol. The van der Waals surface area contributed by atoms with Gasteiger partial charge in [-0.1, -0.05) is 39.0 Å². The highest BCUT2D eigenvalue weighted by molar-refractivity contribution is 5.89. The van der Waals surface area contributed by atoms with Gasteiger partial charge in [-0.3, -0.25) is 0 Å². The van der Waals surface area contributed by atoms with Crippen LogP contribution in [0.1, 0.15) is 62.2 Å². The van der Waals surface area contributed by atoms with Crippen LogP contribution in [-0.4, -0.2) is 66.8 Å². The van der Waals surface area contributed by atoms with Crippen LogP contribution in [-0.2, 0) is 4.74 Å². The molecule has 0 unspecified atom stereocenters. The highest BCUT2D eigenvalue weighted by atomic mass is 19.4. The van der Waals surface area contributed by atoms with Crippen LogP contribution in [0, 0.1) is 0 Å². The molecule has 0 saturated heterocycles. The molecule has 1 rings (SSSR count). The van der Waals surface area contributed by atoms with Gasteiger partial charge in [0.1, 0.15) is 5.75 Å². The third kappa shape index (κ3) is 7.82. The van der Waals surface area contributed by atoms with E-state index < -0.39 is 72.2 Å². The standard InChI is InChI=1S/C25H25F17O3/c1-2-3-4-5-6-7-13-44-16-10-8-15(9-11-16)17(43)45-14-12-18(26,27)19(28,29)20(30,31)21(32,33)22(34,35)23(36,37)24(38,39)25(40,41)42/h8-11H,2-7,12-14H2,1H3. The van der Waals surface area contributed by atoms with Crippen LogP contribution in [0.15, 0.2) is 24.3 Å². The second-order valence-electron chi connectivity index (χ2n) is 9.68. The molecule has 0 N–H and O–H groups in total. The number of unbranched alkanes of at least 4 members (excludes halogenated alkanes) is 5. The molecule has 0 amide bonds. The molecule has 0 fully saturated rings. The molecule has 0 aliphatic rings. The summed E-state index contributed by atoms with van der Waals surface area (Å²) >= 11 is 0. The van der Waals surface area contributed by atoms with Gasteiger partial charge < -0.3 is 9.47 Å². The van der Waals surface area contributed by atoms with Crippen LogP contribution >= 0.6 is 0 Å². The molecule has 0 aliphatic heterocycles. The maximum Gasteiger partial charge on any atom is 0.460 e. The third-order valence-electron chi connectivity index (χ3n) is 6.29. The van der Waals surface area contributed by atoms with E-state index >= 15 is 0 Å². The first-order valence-electron chi connectivity index (χ1n) is 12.8. The van der Waals surface area contributed by atoms with Crippen LogP contribution < -0.4 is 4.74 Å². The summed E-state index contributed by atoms with van der Waals surface area (Å²) in [6, 6.07) is 4.30. The Labute approximate surface area is 244 Å². The third-order valence-corrected chi connectivity index (χ3v) is 6.29. The predicted octanol–water partition coefficient (Wildman–Crippen LogP) is 9.98. The fourth-order valence-corrected chi connectivity index (χ4v) is 3.47. The summed E-state index contributed by atoms with van der Waals surface area (Å²) < 4.78 is 236. The normalized spacial score (nSPS) is 14.4. The van der Waals surface area contributed by atoms with Gasteiger partial charge in [-0.2, -0.15) is 74.6 Å². The molecular formula is C25H25F17O3. The van der Waals surface area contributed by atoms with Crippen LogP contribution in [0.2, 0.25) is 0 Å². The summed E-state index contributed by atoms with van der Waals surface area (Å²) in [5.74, 6) is -58.4. The maximum absolute atomic E-state index is 13.9. The number of ether oxygens (including phenoxy) is 2. The molecule has 0 spiro atoms. The second kappa shape index (κ2) is 14.0. The molecule has 0 saturated carbocycles. The lowest BCUT2D eigenvalue weighted by atomic mass is 9.88. The first-order valence-corrected chi connectivity index (χ1v) is 12.8. The lowest BCUT2D eigenvalue weighted by molar-refractivity contribution is -0.461. The van der Waals surface area contributed by atoms with Crippen molar-refractivity contribution < 1.29 is 88.9 Å². The van der Waals surface area contributed by atoms with Crippen molar-refractivity contribution in [2.24, 2.45) is 0 Å². The Bertz CT molecular complexity index is 1100. The summed E-state index contributed by atoms with van der Waals surface area (Å²) in [5.41, 5.74) is -0.471. The minimum atomic E-state index is -8.70. The molecule has 0 aromatic heterocycles. The zero-order valence-electron chi connectivity index (χ0n) is 22.8. The number of carbonyl (C=O) groups excluding carboxylic acids is 1. The Kier molecular flexibility index (Phi) is 12.5. The maximum atomic E-state index is 13.9. The fraction of sp³-hybridized carbons (Fsp3) is 0.720. The molecule has 0 bridgehead atoms. The Morgan fingerprint density at radius 3 is 1.44 bits per heavy atom. The zero-order chi connectivity index (χ0) is 35.3. The minimum absolute atomic E-state index is 0.213. The van der Waals surface area contributed by atoms with Crippen LogP contribution in [0.5, 0.6) is 5.75 Å². The van der Waals surface area contributed by atoms with E-state index in [-0.39, 0.29) is 12.4 Å². The summed E-state index contributed by atoms with van der Waals surface area (Å²) in [6.45, 7) is 0.295. The van der Waals surface area contributed by atoms with Crippen molar-refractivity contribution in [3.05, 3.63) is 29.8 Å². The SMILES string of the molecule is CCCCCCCCOc1ccc(C(=O)OCCC(F)(F)C(F)(F)C(F)(F)C(F)(F)C(F)(F)C(F)(F)C(F)(F)C(F)(F)F)cc1. The summed E-state index contributed by atoms with van der Waals surface area (Å²) in [6.07, 6.45) is -5.02. The second-order valence-corrected chi connectivity index (χ2v) is 9.68. The van der Waals surface area contributed by atoms with Gasteiger partial charge in [-0.15, -0.1) is 0 Å². The molecule has 45 heavy (non-hydrogen) atoms. The molecule has 1 aromatic rings. The van der Waals surface area contributed by atoms with Crippen LogP contribution in [0.4, 0.5) is 74.6 Å². The number of carbonyl (C=O) groups is 1. The number of alkyl halides is 17. The van der Waals surface area contributed by atoms with Crippen molar-refractivity contribution in [1.82, 2.24) is 0 Å². The zero-order valence-corrected chi connectivity index (χ0v) is 22.8. The molecule has 0 aliphatic carbocycles. The van der Waals surface area contributed by atoms with Crippen molar-refractivity contribution in [2.75, 3.05) is 13.2 Å². The lowest BCUT2D eigenvalue weighted by Gasteiger charge is -2.42. The first kappa shape index (κ1) is 40.3. The largest absolute Gasteiger partial charge is 0.494 e. The van der Waals surface area contributed by atoms with Gasteiger partial charge in [-0.25, -0.2) is 4.79 Å². The smallest absolute Gasteiger partial charge is 0.460 e. The quantitative estimate of drug-likeness (QED) is 0.0871. The van der Waals surface area contributed by atoms with Crippen molar-refractivity contribution in [3.63, 3.8) is 0 Å². The summed E-state index contributed by atoms with van der Waals surface area (Å²) in [7, 11) is 0. The van der Waals surface area contributed by atoms with Crippen molar-refractivity contribution in [3.8, 4) is 5.75 Å². The molecule has 0 radical (unpaired) electrons. The van der Waals surface area contributed by atoms with Crippen molar-refractivity contribution >= 4 is 5.97 Å². The number of esters is 1. The predicted molar refractivity (Wildman–Crippen MR) is 121 cm³/mol. The molecule has 3 nitrogen and oxygen atoms in total. The van der Waals surface area contributed by atoms with Crippen LogP contribution in [0.25, 0.3) is 0 Å². The lowest BCUT2D eigenvalue weighted by Crippen LogP contribution is -2.74. The van der Waals surface area contributed by atoms with Gasteiger partial charge in [0.15, 0.2) is 0 Å². The number of benzene rings is 1. The van der Waals surface area contributed by atoms with Crippen molar-refractivity contribution in [2.45, 2.75) is 99.5 Å². The number of hydrogen-bond donors (Lipinski definition) is 0. The molecule has 262 valence electrons. The van der Waals surface area contributed by atoms with E-state index in [4.69, 9.17) is 4.74 Å². The van der Waals surface area contributed by atoms with E-state index in [0.717, 1.165) is 44.2 Å². The van der Waals surface area contributed by atoms with Crippen LogP contribution in [0.3, 0.4) is 0 Å². The number of rotatable bonds is 18. The van der Waals surface area contributed by atoms with E-state index in [1.54, 1.807) is 0 Å². The average Bonchev–Trinajstić information content (AvgIpc) is 2.91. The fourth-order valence-electron chi connectivity index (χ4n) is 3.47. The topological polar surface area (TPSA) is 35.5 Å². The average molecular weight is 696 g/mol. The summed E-state index contributed by atoms with van der Waals surface area (Å²) in [5, 5.41) is 0. The van der Waals surface area contributed by atoms with Gasteiger partial charge >= 0.3 is 53.6 Å². The molecule has 1 aromatic carbocycles. The molecule has 0 heterocycles. The Balaban J connectivity index is 2.96. The van der Waals surface area contributed by atoms with E-state index in [1.165, 1.54) is 12.1 Å². The highest BCUT2D eigenvalue weighted by Crippen LogP contribution is 2.64. The van der Waals surface area contributed by atoms with Gasteiger partial charge in [-0.05, 0) is 30.7 Å². The van der Waals surface area contributed by atoms with E-state index in [0.29, 0.717) is 6.42 Å². The van der Waals surface area contributed by atoms with Gasteiger partial charge in [0.05, 0.1) is 25.2 Å². The Morgan fingerprint density at radius 1 is 0.556 bits per heavy atom.